The highest BCUT2D eigenvalue weighted by atomic mass is 32.1. The number of thiophene rings is 1. The number of rotatable bonds is 1. The number of fused-ring (bicyclic) bond motifs is 3. The van der Waals surface area contributed by atoms with Gasteiger partial charge in [0.15, 0.2) is 0 Å². The van der Waals surface area contributed by atoms with Crippen LogP contribution in [0.2, 0.25) is 0 Å². The molecule has 2 aromatic heterocycles. The van der Waals surface area contributed by atoms with E-state index in [0.29, 0.717) is 0 Å². The molecule has 1 saturated carbocycles. The van der Waals surface area contributed by atoms with Gasteiger partial charge in [0.25, 0.3) is 6.47 Å². The van der Waals surface area contributed by atoms with E-state index in [1.807, 2.05) is 11.3 Å². The van der Waals surface area contributed by atoms with Gasteiger partial charge in [0, 0.05) is 23.4 Å². The smallest absolute Gasteiger partial charge is 0.290 e. The maximum absolute atomic E-state index is 10.6. The first kappa shape index (κ1) is 18.6. The molecule has 2 atom stereocenters. The van der Waals surface area contributed by atoms with Gasteiger partial charge < -0.3 is 15.1 Å². The minimum atomic E-state index is -0.250. The van der Waals surface area contributed by atoms with E-state index in [1.165, 1.54) is 65.6 Å². The standard InChI is InChI=1S/C19H25N3OS.CH2O2/c23-15-7-3-8-19(15)9-4-10-22(11-19)17-16-13-5-1-2-6-14(13)24-18(16)21-12-20-17;2-1-3/h12,15,23H,1-11H2;1H,(H,2,3)/t15-,19-;/m1./s1. The van der Waals surface area contributed by atoms with E-state index >= 15 is 0 Å². The van der Waals surface area contributed by atoms with E-state index in [2.05, 4.69) is 9.88 Å². The summed E-state index contributed by atoms with van der Waals surface area (Å²) < 4.78 is 0. The molecule has 3 aliphatic rings. The summed E-state index contributed by atoms with van der Waals surface area (Å²) in [6, 6.07) is 0. The molecule has 0 unspecified atom stereocenters. The first-order chi connectivity index (χ1) is 13.2. The van der Waals surface area contributed by atoms with Crippen LogP contribution in [0.5, 0.6) is 0 Å². The highest BCUT2D eigenvalue weighted by Crippen LogP contribution is 2.47. The van der Waals surface area contributed by atoms with Crippen LogP contribution in [0.3, 0.4) is 0 Å². The molecule has 0 amide bonds. The fraction of sp³-hybridized carbons (Fsp3) is 0.650. The van der Waals surface area contributed by atoms with Crippen LogP contribution in [-0.2, 0) is 17.6 Å². The van der Waals surface area contributed by atoms with Crippen LogP contribution in [0.15, 0.2) is 6.33 Å². The van der Waals surface area contributed by atoms with Gasteiger partial charge in [-0.25, -0.2) is 9.97 Å². The number of carbonyl (C=O) groups is 1. The third kappa shape index (κ3) is 3.31. The molecule has 5 rings (SSSR count). The quantitative estimate of drug-likeness (QED) is 0.727. The van der Waals surface area contributed by atoms with E-state index in [9.17, 15) is 5.11 Å². The van der Waals surface area contributed by atoms with Crippen LogP contribution in [0.4, 0.5) is 5.82 Å². The van der Waals surface area contributed by atoms with Gasteiger partial charge in [0.1, 0.15) is 17.0 Å². The number of carboxylic acid groups (broad SMARTS) is 1. The van der Waals surface area contributed by atoms with Crippen molar-refractivity contribution in [3.8, 4) is 0 Å². The second-order valence-electron chi connectivity index (χ2n) is 7.99. The van der Waals surface area contributed by atoms with Gasteiger partial charge in [0.2, 0.25) is 0 Å². The number of piperidine rings is 1. The lowest BCUT2D eigenvalue weighted by atomic mass is 9.76. The lowest BCUT2D eigenvalue weighted by Crippen LogP contribution is -2.47. The molecule has 1 spiro atoms. The highest BCUT2D eigenvalue weighted by Gasteiger charge is 2.45. The molecule has 146 valence electrons. The Kier molecular flexibility index (Phi) is 5.32. The van der Waals surface area contributed by atoms with Crippen molar-refractivity contribution < 1.29 is 15.0 Å². The van der Waals surface area contributed by atoms with Crippen molar-refractivity contribution in [3.05, 3.63) is 16.8 Å². The fourth-order valence-corrected chi connectivity index (χ4v) is 6.47. The molecule has 27 heavy (non-hydrogen) atoms. The van der Waals surface area contributed by atoms with Gasteiger partial charge >= 0.3 is 0 Å². The summed E-state index contributed by atoms with van der Waals surface area (Å²) in [6.45, 7) is 1.77. The number of nitrogens with zero attached hydrogens (tertiary/aromatic N) is 3. The molecule has 0 aromatic carbocycles. The third-order valence-corrected chi connectivity index (χ3v) is 7.70. The Morgan fingerprint density at radius 1 is 1.19 bits per heavy atom. The van der Waals surface area contributed by atoms with Crippen molar-refractivity contribution in [2.45, 2.75) is 63.9 Å². The van der Waals surface area contributed by atoms with Gasteiger partial charge in [0.05, 0.1) is 11.5 Å². The van der Waals surface area contributed by atoms with Crippen LogP contribution in [0.25, 0.3) is 10.2 Å². The number of aromatic nitrogens is 2. The zero-order valence-corrected chi connectivity index (χ0v) is 16.4. The Hall–Kier alpha value is -1.73. The predicted octanol–water partition coefficient (Wildman–Crippen LogP) is 3.40. The van der Waals surface area contributed by atoms with E-state index in [-0.39, 0.29) is 18.0 Å². The molecule has 2 N–H and O–H groups in total. The van der Waals surface area contributed by atoms with Gasteiger partial charge in [-0.15, -0.1) is 11.3 Å². The summed E-state index contributed by atoms with van der Waals surface area (Å²) in [4.78, 5) is 22.8. The normalized spacial score (nSPS) is 27.3. The van der Waals surface area contributed by atoms with E-state index < -0.39 is 0 Å². The molecule has 0 radical (unpaired) electrons. The predicted molar refractivity (Wildman–Crippen MR) is 106 cm³/mol. The number of aliphatic hydroxyl groups excluding tert-OH is 1. The van der Waals surface area contributed by atoms with Crippen molar-refractivity contribution in [2.24, 2.45) is 5.41 Å². The average molecular weight is 390 g/mol. The monoisotopic (exact) mass is 389 g/mol. The highest BCUT2D eigenvalue weighted by molar-refractivity contribution is 7.19. The van der Waals surface area contributed by atoms with Crippen molar-refractivity contribution in [2.75, 3.05) is 18.0 Å². The number of hydrogen-bond donors (Lipinski definition) is 2. The van der Waals surface area contributed by atoms with Gasteiger partial charge in [-0.1, -0.05) is 6.42 Å². The Bertz CT molecular complexity index is 824. The zero-order valence-electron chi connectivity index (χ0n) is 15.6. The number of hydrogen-bond acceptors (Lipinski definition) is 6. The summed E-state index contributed by atoms with van der Waals surface area (Å²) in [5.74, 6) is 1.14. The van der Waals surface area contributed by atoms with Gasteiger partial charge in [-0.05, 0) is 56.9 Å². The molecule has 2 aromatic rings. The first-order valence-electron chi connectivity index (χ1n) is 9.94. The first-order valence-corrected chi connectivity index (χ1v) is 10.8. The zero-order chi connectivity index (χ0) is 18.9. The lowest BCUT2D eigenvalue weighted by molar-refractivity contribution is -0.122. The van der Waals surface area contributed by atoms with E-state index in [4.69, 9.17) is 14.9 Å². The molecule has 2 fully saturated rings. The Morgan fingerprint density at radius 2 is 1.96 bits per heavy atom. The van der Waals surface area contributed by atoms with Crippen LogP contribution >= 0.6 is 11.3 Å². The molecule has 2 aliphatic carbocycles. The molecule has 1 saturated heterocycles. The number of aryl methyl sites for hydroxylation is 2. The molecule has 3 heterocycles. The summed E-state index contributed by atoms with van der Waals surface area (Å²) in [6.07, 6.45) is 12.2. The SMILES string of the molecule is O=CO.O[C@@H]1CCC[C@]12CCCN(c1ncnc3sc4c(c13)CCCC4)C2. The van der Waals surface area contributed by atoms with Crippen molar-refractivity contribution in [3.63, 3.8) is 0 Å². The molecular weight excluding hydrogens is 362 g/mol. The largest absolute Gasteiger partial charge is 0.483 e. The summed E-state index contributed by atoms with van der Waals surface area (Å²) in [7, 11) is 0. The molecular formula is C20H27N3O3S. The number of anilines is 1. The number of aliphatic hydroxyl groups is 1. The Morgan fingerprint density at radius 3 is 2.74 bits per heavy atom. The third-order valence-electron chi connectivity index (χ3n) is 6.50. The van der Waals surface area contributed by atoms with Gasteiger partial charge in [-0.3, -0.25) is 4.79 Å². The second kappa shape index (κ2) is 7.72. The van der Waals surface area contributed by atoms with Crippen molar-refractivity contribution in [1.29, 1.82) is 0 Å². The molecule has 6 nitrogen and oxygen atoms in total. The van der Waals surface area contributed by atoms with E-state index in [0.717, 1.165) is 31.7 Å². The summed E-state index contributed by atoms with van der Waals surface area (Å²) in [5.41, 5.74) is 1.62. The summed E-state index contributed by atoms with van der Waals surface area (Å²) in [5, 5.41) is 18.8. The summed E-state index contributed by atoms with van der Waals surface area (Å²) >= 11 is 1.88. The molecule has 1 aliphatic heterocycles. The maximum Gasteiger partial charge on any atom is 0.290 e. The topological polar surface area (TPSA) is 86.5 Å². The Labute approximate surface area is 163 Å². The fourth-order valence-electron chi connectivity index (χ4n) is 5.25. The Balaban J connectivity index is 0.000000565. The van der Waals surface area contributed by atoms with Crippen LogP contribution in [0.1, 0.15) is 55.4 Å². The van der Waals surface area contributed by atoms with Gasteiger partial charge in [-0.2, -0.15) is 0 Å². The van der Waals surface area contributed by atoms with Crippen LogP contribution in [0, 0.1) is 5.41 Å². The van der Waals surface area contributed by atoms with Crippen molar-refractivity contribution >= 4 is 33.8 Å². The molecule has 0 bridgehead atoms. The van der Waals surface area contributed by atoms with Crippen LogP contribution in [-0.4, -0.2) is 45.8 Å². The minimum absolute atomic E-state index is 0.103. The average Bonchev–Trinajstić information content (AvgIpc) is 3.23. The van der Waals surface area contributed by atoms with Crippen LogP contribution < -0.4 is 4.90 Å². The van der Waals surface area contributed by atoms with Crippen molar-refractivity contribution in [1.82, 2.24) is 9.97 Å². The second-order valence-corrected chi connectivity index (χ2v) is 9.07. The molecule has 7 heteroatoms. The van der Waals surface area contributed by atoms with E-state index in [1.54, 1.807) is 6.33 Å². The maximum atomic E-state index is 10.6. The minimum Gasteiger partial charge on any atom is -0.483 e. The lowest BCUT2D eigenvalue weighted by Gasteiger charge is -2.43.